The zero-order valence-corrected chi connectivity index (χ0v) is 13.4. The van der Waals surface area contributed by atoms with E-state index in [1.807, 2.05) is 61.5 Å². The van der Waals surface area contributed by atoms with Crippen LogP contribution in [0.25, 0.3) is 0 Å². The molecule has 2 heterocycles. The zero-order chi connectivity index (χ0) is 16.0. The number of aryl methyl sites for hydroxylation is 1. The second-order valence-electron chi connectivity index (χ2n) is 5.91. The van der Waals surface area contributed by atoms with Crippen molar-refractivity contribution in [3.05, 3.63) is 65.7 Å². The molecule has 23 heavy (non-hydrogen) atoms. The van der Waals surface area contributed by atoms with Crippen LogP contribution in [0.5, 0.6) is 0 Å². The number of fused-ring (bicyclic) bond motifs is 1. The topological polar surface area (TPSA) is 55.8 Å². The molecular formula is C17H17NO4S. The summed E-state index contributed by atoms with van der Waals surface area (Å²) in [5.74, 6) is 0. The molecule has 0 N–H and O–H groups in total. The van der Waals surface area contributed by atoms with E-state index in [0.29, 0.717) is 0 Å². The summed E-state index contributed by atoms with van der Waals surface area (Å²) in [7, 11) is -3.64. The summed E-state index contributed by atoms with van der Waals surface area (Å²) >= 11 is 0. The highest BCUT2D eigenvalue weighted by Crippen LogP contribution is 2.44. The number of hydrogen-bond donors (Lipinski definition) is 0. The van der Waals surface area contributed by atoms with E-state index >= 15 is 0 Å². The maximum atomic E-state index is 12.4. The van der Waals surface area contributed by atoms with Crippen LogP contribution in [-0.2, 0) is 19.1 Å². The Morgan fingerprint density at radius 2 is 1.87 bits per heavy atom. The predicted octanol–water partition coefficient (Wildman–Crippen LogP) is 2.59. The van der Waals surface area contributed by atoms with Crippen molar-refractivity contribution < 1.29 is 17.4 Å². The number of para-hydroxylation sites is 1. The van der Waals surface area contributed by atoms with E-state index in [4.69, 9.17) is 9.02 Å². The van der Waals surface area contributed by atoms with Gasteiger partial charge in [0.2, 0.25) is 0 Å². The van der Waals surface area contributed by atoms with Crippen molar-refractivity contribution in [2.75, 3.05) is 11.7 Å². The molecule has 6 heteroatoms. The van der Waals surface area contributed by atoms with Crippen LogP contribution in [-0.4, -0.2) is 26.4 Å². The lowest BCUT2D eigenvalue weighted by atomic mass is 9.99. The number of hydrogen-bond acceptors (Lipinski definition) is 5. The van der Waals surface area contributed by atoms with Gasteiger partial charge in [-0.3, -0.25) is 9.02 Å². The van der Waals surface area contributed by atoms with Gasteiger partial charge < -0.3 is 0 Å². The van der Waals surface area contributed by atoms with Crippen molar-refractivity contribution in [1.82, 2.24) is 0 Å². The van der Waals surface area contributed by atoms with Gasteiger partial charge in [-0.2, -0.15) is 8.42 Å². The summed E-state index contributed by atoms with van der Waals surface area (Å²) < 4.78 is 29.7. The maximum absolute atomic E-state index is 12.4. The molecule has 120 valence electrons. The fraction of sp³-hybridized carbons (Fsp3) is 0.294. The van der Waals surface area contributed by atoms with Crippen molar-refractivity contribution in [2.24, 2.45) is 0 Å². The molecule has 0 aromatic heterocycles. The molecule has 2 aliphatic rings. The highest BCUT2D eigenvalue weighted by atomic mass is 32.2. The number of rotatable bonds is 2. The van der Waals surface area contributed by atoms with Gasteiger partial charge in [-0.1, -0.05) is 48.0 Å². The minimum absolute atomic E-state index is 0.0681. The van der Waals surface area contributed by atoms with Crippen LogP contribution in [0, 0.1) is 6.92 Å². The normalized spacial score (nSPS) is 28.7. The third-order valence-corrected chi connectivity index (χ3v) is 6.00. The van der Waals surface area contributed by atoms with Crippen LogP contribution in [0.3, 0.4) is 0 Å². The van der Waals surface area contributed by atoms with Crippen molar-refractivity contribution in [1.29, 1.82) is 0 Å². The van der Waals surface area contributed by atoms with Crippen molar-refractivity contribution in [2.45, 2.75) is 24.3 Å². The van der Waals surface area contributed by atoms with E-state index in [-0.39, 0.29) is 6.61 Å². The molecular weight excluding hydrogens is 314 g/mol. The lowest BCUT2D eigenvalue weighted by molar-refractivity contribution is 0.0640. The molecule has 4 rings (SSSR count). The Hall–Kier alpha value is -1.89. The largest absolute Gasteiger partial charge is 0.275 e. The number of benzene rings is 2. The molecule has 0 unspecified atom stereocenters. The minimum atomic E-state index is -3.64. The molecule has 0 spiro atoms. The zero-order valence-electron chi connectivity index (χ0n) is 12.6. The first kappa shape index (κ1) is 14.7. The van der Waals surface area contributed by atoms with E-state index in [9.17, 15) is 8.42 Å². The SMILES string of the molecule is Cc1cccc([C@H]2[C@@H]3[C@@H](COS3(=O)=O)ON2c2ccccc2)c1. The van der Waals surface area contributed by atoms with Crippen LogP contribution >= 0.6 is 0 Å². The first-order chi connectivity index (χ1) is 11.1. The van der Waals surface area contributed by atoms with E-state index in [0.717, 1.165) is 16.8 Å². The fourth-order valence-corrected chi connectivity index (χ4v) is 4.86. The maximum Gasteiger partial charge on any atom is 0.275 e. The average molecular weight is 331 g/mol. The molecule has 2 saturated heterocycles. The Kier molecular flexibility index (Phi) is 3.41. The summed E-state index contributed by atoms with van der Waals surface area (Å²) in [6.45, 7) is 2.06. The summed E-state index contributed by atoms with van der Waals surface area (Å²) in [6, 6.07) is 17.0. The van der Waals surface area contributed by atoms with Crippen LogP contribution in [0.2, 0.25) is 0 Å². The molecule has 2 aromatic rings. The lowest BCUT2D eigenvalue weighted by Gasteiger charge is -2.27. The Morgan fingerprint density at radius 1 is 1.09 bits per heavy atom. The monoisotopic (exact) mass is 331 g/mol. The van der Waals surface area contributed by atoms with Gasteiger partial charge >= 0.3 is 0 Å². The van der Waals surface area contributed by atoms with Gasteiger partial charge in [-0.25, -0.2) is 5.06 Å². The quantitative estimate of drug-likeness (QED) is 0.792. The minimum Gasteiger partial charge on any atom is -0.267 e. The van der Waals surface area contributed by atoms with E-state index in [1.165, 1.54) is 0 Å². The molecule has 0 amide bonds. The van der Waals surface area contributed by atoms with Crippen molar-refractivity contribution in [3.8, 4) is 0 Å². The number of hydroxylamine groups is 1. The van der Waals surface area contributed by atoms with Crippen LogP contribution in [0.1, 0.15) is 17.2 Å². The second kappa shape index (κ2) is 5.33. The van der Waals surface area contributed by atoms with Gasteiger partial charge in [-0.15, -0.1) is 0 Å². The highest BCUT2D eigenvalue weighted by molar-refractivity contribution is 7.87. The molecule has 5 nitrogen and oxygen atoms in total. The molecule has 2 aromatic carbocycles. The summed E-state index contributed by atoms with van der Waals surface area (Å²) in [5, 5.41) is 0.994. The van der Waals surface area contributed by atoms with Gasteiger partial charge in [0, 0.05) is 0 Å². The third kappa shape index (κ3) is 2.43. The van der Waals surface area contributed by atoms with Crippen LogP contribution in [0.15, 0.2) is 54.6 Å². The van der Waals surface area contributed by atoms with Crippen LogP contribution < -0.4 is 5.06 Å². The molecule has 0 radical (unpaired) electrons. The van der Waals surface area contributed by atoms with Gasteiger partial charge in [0.15, 0.2) is 0 Å². The Labute approximate surface area is 135 Å². The third-order valence-electron chi connectivity index (χ3n) is 4.30. The van der Waals surface area contributed by atoms with Crippen molar-refractivity contribution >= 4 is 15.8 Å². The van der Waals surface area contributed by atoms with Crippen molar-refractivity contribution in [3.63, 3.8) is 0 Å². The van der Waals surface area contributed by atoms with E-state index < -0.39 is 27.5 Å². The van der Waals surface area contributed by atoms with Gasteiger partial charge in [-0.05, 0) is 24.6 Å². The molecule has 2 fully saturated rings. The van der Waals surface area contributed by atoms with Gasteiger partial charge in [0.25, 0.3) is 10.1 Å². The molecule has 0 bridgehead atoms. The summed E-state index contributed by atoms with van der Waals surface area (Å²) in [6.07, 6.45) is -0.481. The molecule has 0 aliphatic carbocycles. The Balaban J connectivity index is 1.84. The average Bonchev–Trinajstić information content (AvgIpc) is 3.06. The molecule has 2 aliphatic heterocycles. The smallest absolute Gasteiger partial charge is 0.267 e. The van der Waals surface area contributed by atoms with E-state index in [1.54, 1.807) is 5.06 Å². The number of anilines is 1. The van der Waals surface area contributed by atoms with Crippen LogP contribution in [0.4, 0.5) is 5.69 Å². The summed E-state index contributed by atoms with van der Waals surface area (Å²) in [4.78, 5) is 5.94. The first-order valence-electron chi connectivity index (χ1n) is 7.52. The number of nitrogens with zero attached hydrogens (tertiary/aromatic N) is 1. The lowest BCUT2D eigenvalue weighted by Crippen LogP contribution is -2.31. The highest BCUT2D eigenvalue weighted by Gasteiger charge is 2.56. The summed E-state index contributed by atoms with van der Waals surface area (Å²) in [5.41, 5.74) is 2.83. The standard InChI is InChI=1S/C17H17NO4S/c1-12-6-5-7-13(10-12)16-17-15(11-21-23(17,19)20)22-18(16)14-8-3-2-4-9-14/h2-10,15-17H,11H2,1H3/t15-,16+,17+/m1/s1. The van der Waals surface area contributed by atoms with Gasteiger partial charge in [0.1, 0.15) is 17.4 Å². The fourth-order valence-electron chi connectivity index (χ4n) is 3.29. The first-order valence-corrected chi connectivity index (χ1v) is 8.99. The second-order valence-corrected chi connectivity index (χ2v) is 7.67. The van der Waals surface area contributed by atoms with Gasteiger partial charge in [0.05, 0.1) is 12.3 Å². The predicted molar refractivity (Wildman–Crippen MR) is 86.4 cm³/mol. The Bertz CT molecular complexity index is 821. The molecule has 3 atom stereocenters. The van der Waals surface area contributed by atoms with E-state index in [2.05, 4.69) is 0 Å². The Morgan fingerprint density at radius 3 is 2.61 bits per heavy atom. The molecule has 0 saturated carbocycles.